The molecule has 0 bridgehead atoms. The van der Waals surface area contributed by atoms with E-state index in [1.54, 1.807) is 4.40 Å². The van der Waals surface area contributed by atoms with Gasteiger partial charge in [-0.3, -0.25) is 4.79 Å². The quantitative estimate of drug-likeness (QED) is 0.520. The first-order valence-corrected chi connectivity index (χ1v) is 8.95. The second kappa shape index (κ2) is 5.96. The third kappa shape index (κ3) is 2.57. The van der Waals surface area contributed by atoms with Gasteiger partial charge >= 0.3 is 0 Å². The van der Waals surface area contributed by atoms with Crippen LogP contribution in [0, 0.1) is 6.92 Å². The third-order valence-electron chi connectivity index (χ3n) is 3.78. The zero-order valence-corrected chi connectivity index (χ0v) is 15.1. The summed E-state index contributed by atoms with van der Waals surface area (Å²) in [6.45, 7) is 2.00. The highest BCUT2D eigenvalue weighted by Crippen LogP contribution is 2.21. The van der Waals surface area contributed by atoms with Crippen LogP contribution >= 0.6 is 27.3 Å². The van der Waals surface area contributed by atoms with Crippen LogP contribution in [0.2, 0.25) is 0 Å². The minimum Gasteiger partial charge on any atom is -0.267 e. The molecule has 24 heavy (non-hydrogen) atoms. The molecular formula is C18H12BrN3OS. The molecule has 0 N–H and O–H groups in total. The van der Waals surface area contributed by atoms with Crippen molar-refractivity contribution >= 4 is 38.3 Å². The normalized spacial score (nSPS) is 12.2. The van der Waals surface area contributed by atoms with E-state index in [9.17, 15) is 4.79 Å². The van der Waals surface area contributed by atoms with Crippen LogP contribution in [-0.4, -0.2) is 14.6 Å². The Morgan fingerprint density at radius 2 is 1.96 bits per heavy atom. The fraction of sp³-hybridized carbons (Fsp3) is 0.0556. The van der Waals surface area contributed by atoms with E-state index >= 15 is 0 Å². The SMILES string of the molecule is Cc1ccccc1-c1nnc2s/c(=C\c3cccc(Br)c3)c(=O)n12. The maximum atomic E-state index is 12.8. The van der Waals surface area contributed by atoms with Gasteiger partial charge in [0.15, 0.2) is 5.82 Å². The maximum Gasteiger partial charge on any atom is 0.276 e. The fourth-order valence-electron chi connectivity index (χ4n) is 2.61. The number of benzene rings is 2. The summed E-state index contributed by atoms with van der Waals surface area (Å²) in [5.41, 5.74) is 2.87. The van der Waals surface area contributed by atoms with Crippen LogP contribution in [0.1, 0.15) is 11.1 Å². The van der Waals surface area contributed by atoms with Gasteiger partial charge in [0, 0.05) is 10.0 Å². The number of halogens is 1. The van der Waals surface area contributed by atoms with E-state index in [0.29, 0.717) is 15.3 Å². The van der Waals surface area contributed by atoms with Gasteiger partial charge in [-0.25, -0.2) is 4.40 Å². The van der Waals surface area contributed by atoms with Gasteiger partial charge in [-0.15, -0.1) is 10.2 Å². The van der Waals surface area contributed by atoms with Crippen molar-refractivity contribution in [3.8, 4) is 11.4 Å². The number of fused-ring (bicyclic) bond motifs is 1. The van der Waals surface area contributed by atoms with Crippen molar-refractivity contribution in [2.45, 2.75) is 6.92 Å². The van der Waals surface area contributed by atoms with Crippen LogP contribution in [0.4, 0.5) is 0 Å². The second-order valence-corrected chi connectivity index (χ2v) is 7.35. The molecule has 6 heteroatoms. The van der Waals surface area contributed by atoms with Crippen LogP contribution < -0.4 is 10.1 Å². The van der Waals surface area contributed by atoms with Crippen molar-refractivity contribution in [3.63, 3.8) is 0 Å². The number of hydrogen-bond donors (Lipinski definition) is 0. The lowest BCUT2D eigenvalue weighted by Crippen LogP contribution is -2.23. The summed E-state index contributed by atoms with van der Waals surface area (Å²) in [5.74, 6) is 0.596. The van der Waals surface area contributed by atoms with Crippen LogP contribution in [-0.2, 0) is 0 Å². The lowest BCUT2D eigenvalue weighted by atomic mass is 10.1. The Morgan fingerprint density at radius 3 is 2.75 bits per heavy atom. The van der Waals surface area contributed by atoms with Gasteiger partial charge in [-0.1, -0.05) is 63.7 Å². The summed E-state index contributed by atoms with van der Waals surface area (Å²) < 4.78 is 3.22. The Morgan fingerprint density at radius 1 is 1.12 bits per heavy atom. The number of rotatable bonds is 2. The number of aromatic nitrogens is 3. The predicted octanol–water partition coefficient (Wildman–Crippen LogP) is 3.44. The smallest absolute Gasteiger partial charge is 0.267 e. The van der Waals surface area contributed by atoms with Gasteiger partial charge in [0.25, 0.3) is 5.56 Å². The minimum atomic E-state index is -0.0850. The van der Waals surface area contributed by atoms with Crippen molar-refractivity contribution < 1.29 is 0 Å². The summed E-state index contributed by atoms with van der Waals surface area (Å²) >= 11 is 4.80. The van der Waals surface area contributed by atoms with Crippen molar-refractivity contribution in [3.05, 3.63) is 79.0 Å². The summed E-state index contributed by atoms with van der Waals surface area (Å²) in [4.78, 5) is 13.4. The Kier molecular flexibility index (Phi) is 3.78. The molecule has 0 spiro atoms. The van der Waals surface area contributed by atoms with Gasteiger partial charge < -0.3 is 0 Å². The third-order valence-corrected chi connectivity index (χ3v) is 5.23. The Balaban J connectivity index is 1.95. The summed E-state index contributed by atoms with van der Waals surface area (Å²) in [7, 11) is 0. The van der Waals surface area contributed by atoms with Crippen LogP contribution in [0.3, 0.4) is 0 Å². The van der Waals surface area contributed by atoms with Crippen molar-refractivity contribution in [2.75, 3.05) is 0 Å². The lowest BCUT2D eigenvalue weighted by molar-refractivity contribution is 1.09. The van der Waals surface area contributed by atoms with Gasteiger partial charge in [0.05, 0.1) is 4.53 Å². The van der Waals surface area contributed by atoms with E-state index in [-0.39, 0.29) is 5.56 Å². The average Bonchev–Trinajstić information content (AvgIpc) is 3.09. The van der Waals surface area contributed by atoms with E-state index in [0.717, 1.165) is 21.2 Å². The Bertz CT molecular complexity index is 1160. The Labute approximate surface area is 150 Å². The fourth-order valence-corrected chi connectivity index (χ4v) is 3.94. The molecule has 0 aliphatic carbocycles. The highest BCUT2D eigenvalue weighted by Gasteiger charge is 2.15. The van der Waals surface area contributed by atoms with Crippen molar-refractivity contribution in [2.24, 2.45) is 0 Å². The zero-order chi connectivity index (χ0) is 16.7. The van der Waals surface area contributed by atoms with Crippen molar-refractivity contribution in [1.82, 2.24) is 14.6 Å². The highest BCUT2D eigenvalue weighted by molar-refractivity contribution is 9.10. The summed E-state index contributed by atoms with van der Waals surface area (Å²) in [5, 5.41) is 8.39. The van der Waals surface area contributed by atoms with E-state index in [1.165, 1.54) is 11.3 Å². The molecule has 2 aromatic carbocycles. The molecule has 2 aromatic heterocycles. The first-order valence-electron chi connectivity index (χ1n) is 7.35. The first kappa shape index (κ1) is 15.2. The zero-order valence-electron chi connectivity index (χ0n) is 12.7. The Hall–Kier alpha value is -2.31. The molecule has 0 atom stereocenters. The largest absolute Gasteiger partial charge is 0.276 e. The summed E-state index contributed by atoms with van der Waals surface area (Å²) in [6.07, 6.45) is 1.88. The number of hydrogen-bond acceptors (Lipinski definition) is 4. The molecule has 4 aromatic rings. The topological polar surface area (TPSA) is 47.3 Å². The lowest BCUT2D eigenvalue weighted by Gasteiger charge is -2.00. The number of thiazole rings is 1. The molecule has 0 amide bonds. The molecule has 0 aliphatic rings. The van der Waals surface area contributed by atoms with Gasteiger partial charge in [0.2, 0.25) is 4.96 Å². The molecule has 0 fully saturated rings. The molecule has 118 valence electrons. The summed E-state index contributed by atoms with van der Waals surface area (Å²) in [6, 6.07) is 15.7. The van der Waals surface area contributed by atoms with E-state index in [4.69, 9.17) is 0 Å². The highest BCUT2D eigenvalue weighted by atomic mass is 79.9. The maximum absolute atomic E-state index is 12.8. The van der Waals surface area contributed by atoms with Gasteiger partial charge in [0.1, 0.15) is 0 Å². The standard InChI is InChI=1S/C18H12BrN3OS/c1-11-5-2-3-8-14(11)16-20-21-18-22(16)17(23)15(24-18)10-12-6-4-7-13(19)9-12/h2-10H,1H3/b15-10-. The first-order chi connectivity index (χ1) is 11.6. The van der Waals surface area contributed by atoms with Gasteiger partial charge in [-0.05, 0) is 36.3 Å². The average molecular weight is 398 g/mol. The van der Waals surface area contributed by atoms with E-state index in [1.807, 2.05) is 61.5 Å². The number of aryl methyl sites for hydroxylation is 1. The van der Waals surface area contributed by atoms with E-state index in [2.05, 4.69) is 26.1 Å². The molecular weight excluding hydrogens is 386 g/mol. The van der Waals surface area contributed by atoms with Crippen LogP contribution in [0.25, 0.3) is 22.4 Å². The monoisotopic (exact) mass is 397 g/mol. The molecule has 2 heterocycles. The van der Waals surface area contributed by atoms with E-state index < -0.39 is 0 Å². The number of nitrogens with zero attached hydrogens (tertiary/aromatic N) is 3. The molecule has 0 saturated carbocycles. The molecule has 0 radical (unpaired) electrons. The van der Waals surface area contributed by atoms with Crippen LogP contribution in [0.15, 0.2) is 57.8 Å². The molecule has 4 nitrogen and oxygen atoms in total. The second-order valence-electron chi connectivity index (χ2n) is 5.43. The molecule has 4 rings (SSSR count). The molecule has 0 unspecified atom stereocenters. The van der Waals surface area contributed by atoms with Gasteiger partial charge in [-0.2, -0.15) is 0 Å². The molecule has 0 saturated heterocycles. The predicted molar refractivity (Wildman–Crippen MR) is 100 cm³/mol. The minimum absolute atomic E-state index is 0.0850. The van der Waals surface area contributed by atoms with Crippen molar-refractivity contribution in [1.29, 1.82) is 0 Å². The van der Waals surface area contributed by atoms with Crippen LogP contribution in [0.5, 0.6) is 0 Å². The molecule has 0 aliphatic heterocycles.